The summed E-state index contributed by atoms with van der Waals surface area (Å²) in [5.74, 6) is 1.30. The number of para-hydroxylation sites is 1. The van der Waals surface area contributed by atoms with Gasteiger partial charge in [0, 0.05) is 17.9 Å². The Hall–Kier alpha value is -3.35. The number of piperidine rings is 1. The predicted molar refractivity (Wildman–Crippen MR) is 100 cm³/mol. The molecule has 2 aliphatic heterocycles. The van der Waals surface area contributed by atoms with Gasteiger partial charge in [-0.15, -0.1) is 10.2 Å². The van der Waals surface area contributed by atoms with E-state index >= 15 is 0 Å². The van der Waals surface area contributed by atoms with Crippen LogP contribution in [0.1, 0.15) is 36.6 Å². The highest BCUT2D eigenvalue weighted by Gasteiger charge is 2.51. The first-order valence-corrected chi connectivity index (χ1v) is 9.14. The van der Waals surface area contributed by atoms with Crippen molar-refractivity contribution < 1.29 is 18.7 Å². The highest BCUT2D eigenvalue weighted by molar-refractivity contribution is 5.86. The summed E-state index contributed by atoms with van der Waals surface area (Å²) < 4.78 is 17.2. The molecule has 3 atom stereocenters. The molecular formula is C21H19N3O4. The predicted octanol–water partition coefficient (Wildman–Crippen LogP) is 3.24. The molecule has 1 saturated heterocycles. The highest BCUT2D eigenvalue weighted by Crippen LogP contribution is 2.49. The SMILES string of the molecule is COc1cccc(-c2nnc([C@@H]3C(=O)N[C@@]4(C)C[C@@H]3c3ccccc3O4)o2)c1. The average molecular weight is 377 g/mol. The summed E-state index contributed by atoms with van der Waals surface area (Å²) in [7, 11) is 1.60. The van der Waals surface area contributed by atoms with Gasteiger partial charge in [0.1, 0.15) is 17.4 Å². The number of amides is 1. The fourth-order valence-electron chi connectivity index (χ4n) is 4.11. The van der Waals surface area contributed by atoms with Crippen LogP contribution in [0.25, 0.3) is 11.5 Å². The number of carbonyl (C=O) groups is 1. The topological polar surface area (TPSA) is 86.5 Å². The van der Waals surface area contributed by atoms with Crippen LogP contribution in [0, 0.1) is 0 Å². The molecule has 0 spiro atoms. The van der Waals surface area contributed by atoms with E-state index in [0.717, 1.165) is 16.9 Å². The lowest BCUT2D eigenvalue weighted by Gasteiger charge is -2.46. The maximum absolute atomic E-state index is 12.9. The van der Waals surface area contributed by atoms with Crippen LogP contribution < -0.4 is 14.8 Å². The van der Waals surface area contributed by atoms with Crippen LogP contribution in [-0.2, 0) is 4.79 Å². The largest absolute Gasteiger partial charge is 0.497 e. The van der Waals surface area contributed by atoms with E-state index in [1.54, 1.807) is 7.11 Å². The van der Waals surface area contributed by atoms with E-state index in [1.165, 1.54) is 0 Å². The Bertz CT molecular complexity index is 1060. The van der Waals surface area contributed by atoms with Gasteiger partial charge in [0.2, 0.25) is 17.7 Å². The molecule has 142 valence electrons. The zero-order valence-corrected chi connectivity index (χ0v) is 15.5. The second-order valence-corrected chi connectivity index (χ2v) is 7.33. The van der Waals surface area contributed by atoms with Crippen molar-refractivity contribution in [2.75, 3.05) is 7.11 Å². The smallest absolute Gasteiger partial charge is 0.247 e. The van der Waals surface area contributed by atoms with Crippen LogP contribution in [0.3, 0.4) is 0 Å². The molecule has 1 N–H and O–H groups in total. The summed E-state index contributed by atoms with van der Waals surface area (Å²) >= 11 is 0. The number of hydrogen-bond acceptors (Lipinski definition) is 6. The fraction of sp³-hybridized carbons (Fsp3) is 0.286. The second-order valence-electron chi connectivity index (χ2n) is 7.33. The van der Waals surface area contributed by atoms with E-state index in [1.807, 2.05) is 55.5 Å². The lowest BCUT2D eigenvalue weighted by Crippen LogP contribution is -2.59. The van der Waals surface area contributed by atoms with Crippen molar-refractivity contribution in [3.63, 3.8) is 0 Å². The van der Waals surface area contributed by atoms with Crippen LogP contribution in [0.4, 0.5) is 0 Å². The Labute approximate surface area is 161 Å². The summed E-state index contributed by atoms with van der Waals surface area (Å²) in [5, 5.41) is 11.3. The minimum absolute atomic E-state index is 0.0951. The lowest BCUT2D eigenvalue weighted by molar-refractivity contribution is -0.136. The van der Waals surface area contributed by atoms with E-state index in [4.69, 9.17) is 13.9 Å². The summed E-state index contributed by atoms with van der Waals surface area (Å²) in [4.78, 5) is 12.9. The first-order chi connectivity index (χ1) is 13.6. The number of nitrogens with zero attached hydrogens (tertiary/aromatic N) is 2. The molecule has 2 aromatic carbocycles. The van der Waals surface area contributed by atoms with Gasteiger partial charge in [-0.05, 0) is 36.8 Å². The summed E-state index contributed by atoms with van der Waals surface area (Å²) in [6.07, 6.45) is 0.636. The van der Waals surface area contributed by atoms with Crippen LogP contribution in [0.2, 0.25) is 0 Å². The van der Waals surface area contributed by atoms with E-state index in [0.29, 0.717) is 24.0 Å². The number of rotatable bonds is 3. The molecule has 0 saturated carbocycles. The molecular weight excluding hydrogens is 358 g/mol. The maximum Gasteiger partial charge on any atom is 0.247 e. The zero-order chi connectivity index (χ0) is 19.3. The fourth-order valence-corrected chi connectivity index (χ4v) is 4.11. The molecule has 2 aliphatic rings. The van der Waals surface area contributed by atoms with Gasteiger partial charge in [0.05, 0.1) is 7.11 Å². The summed E-state index contributed by atoms with van der Waals surface area (Å²) in [5.41, 5.74) is 0.995. The molecule has 0 aliphatic carbocycles. The molecule has 1 fully saturated rings. The number of methoxy groups -OCH3 is 1. The van der Waals surface area contributed by atoms with Crippen LogP contribution in [0.15, 0.2) is 52.9 Å². The minimum Gasteiger partial charge on any atom is -0.497 e. The first kappa shape index (κ1) is 16.8. The molecule has 2 bridgehead atoms. The monoisotopic (exact) mass is 377 g/mol. The quantitative estimate of drug-likeness (QED) is 0.754. The number of hydrogen-bond donors (Lipinski definition) is 1. The van der Waals surface area contributed by atoms with Crippen molar-refractivity contribution >= 4 is 5.91 Å². The van der Waals surface area contributed by atoms with Gasteiger partial charge in [-0.1, -0.05) is 24.3 Å². The van der Waals surface area contributed by atoms with Crippen molar-refractivity contribution in [1.29, 1.82) is 0 Å². The normalized spacial score (nSPS) is 25.4. The zero-order valence-electron chi connectivity index (χ0n) is 15.5. The van der Waals surface area contributed by atoms with Crippen LogP contribution in [0.5, 0.6) is 11.5 Å². The van der Waals surface area contributed by atoms with E-state index in [2.05, 4.69) is 15.5 Å². The van der Waals surface area contributed by atoms with Crippen molar-refractivity contribution in [1.82, 2.24) is 15.5 Å². The van der Waals surface area contributed by atoms with Crippen molar-refractivity contribution in [3.05, 3.63) is 60.0 Å². The van der Waals surface area contributed by atoms with Gasteiger partial charge in [-0.2, -0.15) is 0 Å². The summed E-state index contributed by atoms with van der Waals surface area (Å²) in [6.45, 7) is 1.89. The molecule has 3 heterocycles. The highest BCUT2D eigenvalue weighted by atomic mass is 16.5. The molecule has 1 amide bonds. The second kappa shape index (κ2) is 6.09. The molecule has 0 unspecified atom stereocenters. The van der Waals surface area contributed by atoms with Gasteiger partial charge < -0.3 is 19.2 Å². The van der Waals surface area contributed by atoms with Gasteiger partial charge >= 0.3 is 0 Å². The molecule has 5 rings (SSSR count). The van der Waals surface area contributed by atoms with Crippen LogP contribution in [-0.4, -0.2) is 28.9 Å². The van der Waals surface area contributed by atoms with Gasteiger partial charge in [0.25, 0.3) is 0 Å². The molecule has 7 nitrogen and oxygen atoms in total. The van der Waals surface area contributed by atoms with E-state index < -0.39 is 11.6 Å². The maximum atomic E-state index is 12.9. The minimum atomic E-state index is -0.734. The van der Waals surface area contributed by atoms with Gasteiger partial charge in [-0.25, -0.2) is 0 Å². The standard InChI is InChI=1S/C21H19N3O4/c1-21-11-15(14-8-3-4-9-16(14)28-21)17(18(25)22-21)20-24-23-19(27-20)12-6-5-7-13(10-12)26-2/h3-10,15,17H,11H2,1-2H3,(H,22,25)/t15-,17+,21-/m1/s1. The Morgan fingerprint density at radius 3 is 2.89 bits per heavy atom. The Kier molecular flexibility index (Phi) is 3.65. The molecule has 3 aromatic rings. The number of aromatic nitrogens is 2. The number of benzene rings is 2. The Morgan fingerprint density at radius 1 is 1.18 bits per heavy atom. The number of carbonyl (C=O) groups excluding carboxylic acids is 1. The van der Waals surface area contributed by atoms with Crippen molar-refractivity contribution in [2.24, 2.45) is 0 Å². The van der Waals surface area contributed by atoms with E-state index in [-0.39, 0.29) is 11.8 Å². The average Bonchev–Trinajstić information content (AvgIpc) is 3.17. The van der Waals surface area contributed by atoms with Crippen molar-refractivity contribution in [2.45, 2.75) is 30.9 Å². The van der Waals surface area contributed by atoms with Gasteiger partial charge in [0.15, 0.2) is 5.72 Å². The van der Waals surface area contributed by atoms with Gasteiger partial charge in [-0.3, -0.25) is 4.79 Å². The third-order valence-electron chi connectivity index (χ3n) is 5.36. The molecule has 28 heavy (non-hydrogen) atoms. The third-order valence-corrected chi connectivity index (χ3v) is 5.36. The van der Waals surface area contributed by atoms with Crippen molar-refractivity contribution in [3.8, 4) is 23.0 Å². The number of fused-ring (bicyclic) bond motifs is 4. The Balaban J connectivity index is 1.55. The lowest BCUT2D eigenvalue weighted by atomic mass is 9.75. The van der Waals surface area contributed by atoms with Crippen LogP contribution >= 0.6 is 0 Å². The Morgan fingerprint density at radius 2 is 2.04 bits per heavy atom. The number of nitrogens with one attached hydrogen (secondary N) is 1. The van der Waals surface area contributed by atoms with E-state index in [9.17, 15) is 4.79 Å². The number of ether oxygens (including phenoxy) is 2. The summed E-state index contributed by atoms with van der Waals surface area (Å²) in [6, 6.07) is 15.2. The first-order valence-electron chi connectivity index (χ1n) is 9.14. The molecule has 0 radical (unpaired) electrons. The third kappa shape index (κ3) is 2.62. The molecule has 7 heteroatoms. The molecule has 1 aromatic heterocycles.